The molecule has 2 aliphatic heterocycles. The molecule has 0 saturated carbocycles. The molecule has 1 aromatic heterocycles. The summed E-state index contributed by atoms with van der Waals surface area (Å²) in [6.45, 7) is 9.23. The molecular formula is C17H25BClN3O4. The van der Waals surface area contributed by atoms with Crippen LogP contribution in [0.15, 0.2) is 12.4 Å². The normalized spacial score (nSPS) is 24.6. The molecule has 0 aromatic carbocycles. The van der Waals surface area contributed by atoms with Gasteiger partial charge in [0, 0.05) is 24.4 Å². The molecule has 0 unspecified atom stereocenters. The number of nitrogens with zero attached hydrogens (tertiary/aromatic N) is 3. The highest BCUT2D eigenvalue weighted by atomic mass is 35.5. The lowest BCUT2D eigenvalue weighted by molar-refractivity contribution is -0.131. The van der Waals surface area contributed by atoms with Crippen molar-refractivity contribution in [3.8, 4) is 6.01 Å². The zero-order valence-electron chi connectivity index (χ0n) is 15.7. The Morgan fingerprint density at radius 1 is 1.31 bits per heavy atom. The average molecular weight is 382 g/mol. The van der Waals surface area contributed by atoms with E-state index < -0.39 is 18.3 Å². The van der Waals surface area contributed by atoms with E-state index in [1.165, 1.54) is 0 Å². The first-order chi connectivity index (χ1) is 12.2. The maximum atomic E-state index is 11.7. The summed E-state index contributed by atoms with van der Waals surface area (Å²) in [5.74, 6) is -0.0802. The van der Waals surface area contributed by atoms with Gasteiger partial charge < -0.3 is 18.9 Å². The monoisotopic (exact) mass is 381 g/mol. The number of ether oxygens (including phenoxy) is 1. The lowest BCUT2D eigenvalue weighted by Crippen LogP contribution is -2.45. The number of likely N-dealkylation sites (tertiary alicyclic amines) is 1. The summed E-state index contributed by atoms with van der Waals surface area (Å²) < 4.78 is 17.8. The van der Waals surface area contributed by atoms with Gasteiger partial charge in [-0.2, -0.15) is 0 Å². The third-order valence-electron chi connectivity index (χ3n) is 5.29. The van der Waals surface area contributed by atoms with Gasteiger partial charge in [-0.3, -0.25) is 4.79 Å². The van der Waals surface area contributed by atoms with Gasteiger partial charge in [-0.05, 0) is 40.5 Å². The molecule has 2 aliphatic rings. The van der Waals surface area contributed by atoms with E-state index in [1.807, 2.05) is 27.7 Å². The lowest BCUT2D eigenvalue weighted by Gasteiger charge is -2.32. The van der Waals surface area contributed by atoms with Crippen molar-refractivity contribution in [1.82, 2.24) is 14.9 Å². The van der Waals surface area contributed by atoms with Crippen LogP contribution in [0.1, 0.15) is 40.5 Å². The molecule has 2 fully saturated rings. The molecule has 0 aliphatic carbocycles. The largest absolute Gasteiger partial charge is 0.498 e. The van der Waals surface area contributed by atoms with E-state index in [0.29, 0.717) is 13.1 Å². The van der Waals surface area contributed by atoms with Gasteiger partial charge in [0.2, 0.25) is 5.91 Å². The van der Waals surface area contributed by atoms with Crippen LogP contribution in [-0.4, -0.2) is 64.2 Å². The number of carbonyl (C=O) groups excluding carboxylic acids is 1. The fraction of sp³-hybridized carbons (Fsp3) is 0.706. The standard InChI is InChI=1S/C17H25BClN3O4/c1-16(2)17(3,4)26-18(25-16)12-9-20-15(21-10-12)24-13-6-5-7-22(11-13)14(23)8-19/h9-10,13H,5-8,11H2,1-4H3/t13-/m0/s1. The number of aromatic nitrogens is 2. The molecule has 1 aromatic rings. The van der Waals surface area contributed by atoms with E-state index in [9.17, 15) is 4.79 Å². The Balaban J connectivity index is 1.61. The van der Waals surface area contributed by atoms with E-state index in [-0.39, 0.29) is 23.9 Å². The number of halogens is 1. The lowest BCUT2D eigenvalue weighted by atomic mass is 9.81. The highest BCUT2D eigenvalue weighted by Crippen LogP contribution is 2.36. The minimum Gasteiger partial charge on any atom is -0.458 e. The van der Waals surface area contributed by atoms with Gasteiger partial charge in [0.05, 0.1) is 17.7 Å². The molecule has 3 rings (SSSR count). The summed E-state index contributed by atoms with van der Waals surface area (Å²) in [4.78, 5) is 22.0. The topological polar surface area (TPSA) is 73.8 Å². The Hall–Kier alpha value is -1.38. The van der Waals surface area contributed by atoms with Crippen molar-refractivity contribution in [3.05, 3.63) is 12.4 Å². The Labute approximate surface area is 159 Å². The van der Waals surface area contributed by atoms with Crippen LogP contribution in [0.5, 0.6) is 6.01 Å². The molecular weight excluding hydrogens is 356 g/mol. The van der Waals surface area contributed by atoms with Gasteiger partial charge in [0.1, 0.15) is 12.0 Å². The summed E-state index contributed by atoms with van der Waals surface area (Å²) in [5, 5.41) is 0. The Morgan fingerprint density at radius 3 is 2.50 bits per heavy atom. The average Bonchev–Trinajstić information content (AvgIpc) is 2.83. The second kappa shape index (κ2) is 7.33. The van der Waals surface area contributed by atoms with Gasteiger partial charge in [-0.1, -0.05) is 0 Å². The second-order valence-electron chi connectivity index (χ2n) is 7.74. The van der Waals surface area contributed by atoms with Gasteiger partial charge in [-0.25, -0.2) is 9.97 Å². The molecule has 142 valence electrons. The van der Waals surface area contributed by atoms with Crippen LogP contribution in [-0.2, 0) is 14.1 Å². The molecule has 9 heteroatoms. The zero-order chi connectivity index (χ0) is 18.9. The number of hydrogen-bond donors (Lipinski definition) is 0. The molecule has 0 spiro atoms. The predicted molar refractivity (Wildman–Crippen MR) is 98.7 cm³/mol. The molecule has 2 saturated heterocycles. The maximum absolute atomic E-state index is 11.7. The number of amides is 1. The van der Waals surface area contributed by atoms with Crippen LogP contribution in [0, 0.1) is 0 Å². The van der Waals surface area contributed by atoms with Crippen LogP contribution in [0.2, 0.25) is 0 Å². The quantitative estimate of drug-likeness (QED) is 0.579. The van der Waals surface area contributed by atoms with Crippen molar-refractivity contribution in [3.63, 3.8) is 0 Å². The molecule has 1 amide bonds. The maximum Gasteiger partial charge on any atom is 0.498 e. The Bertz CT molecular complexity index is 640. The van der Waals surface area contributed by atoms with Crippen molar-refractivity contribution in [2.75, 3.05) is 19.0 Å². The predicted octanol–water partition coefficient (Wildman–Crippen LogP) is 1.38. The molecule has 1 atom stereocenters. The highest BCUT2D eigenvalue weighted by Gasteiger charge is 2.52. The summed E-state index contributed by atoms with van der Waals surface area (Å²) in [5.41, 5.74) is -0.0701. The van der Waals surface area contributed by atoms with Crippen molar-refractivity contribution in [2.24, 2.45) is 0 Å². The number of piperidine rings is 1. The fourth-order valence-corrected chi connectivity index (χ4v) is 3.15. The minimum atomic E-state index is -0.499. The van der Waals surface area contributed by atoms with Gasteiger partial charge in [-0.15, -0.1) is 11.6 Å². The molecule has 0 radical (unpaired) electrons. The van der Waals surface area contributed by atoms with Gasteiger partial charge in [0.15, 0.2) is 0 Å². The van der Waals surface area contributed by atoms with E-state index in [1.54, 1.807) is 17.3 Å². The Morgan fingerprint density at radius 2 is 1.92 bits per heavy atom. The van der Waals surface area contributed by atoms with E-state index >= 15 is 0 Å². The van der Waals surface area contributed by atoms with Crippen LogP contribution in [0.3, 0.4) is 0 Å². The molecule has 0 bridgehead atoms. The third kappa shape index (κ3) is 3.97. The van der Waals surface area contributed by atoms with Crippen LogP contribution in [0.25, 0.3) is 0 Å². The van der Waals surface area contributed by atoms with Crippen LogP contribution >= 0.6 is 11.6 Å². The summed E-state index contributed by atoms with van der Waals surface area (Å²) in [7, 11) is -0.499. The highest BCUT2D eigenvalue weighted by molar-refractivity contribution is 6.61. The van der Waals surface area contributed by atoms with Crippen molar-refractivity contribution >= 4 is 30.1 Å². The molecule has 26 heavy (non-hydrogen) atoms. The van der Waals surface area contributed by atoms with Gasteiger partial charge in [0.25, 0.3) is 0 Å². The molecule has 0 N–H and O–H groups in total. The van der Waals surface area contributed by atoms with Crippen molar-refractivity contribution in [2.45, 2.75) is 57.8 Å². The van der Waals surface area contributed by atoms with Crippen LogP contribution < -0.4 is 10.2 Å². The fourth-order valence-electron chi connectivity index (χ4n) is 2.98. The number of carbonyl (C=O) groups is 1. The first kappa shape index (κ1) is 19.4. The summed E-state index contributed by atoms with van der Waals surface area (Å²) in [6.07, 6.45) is 4.93. The van der Waals surface area contributed by atoms with E-state index in [4.69, 9.17) is 25.6 Å². The first-order valence-corrected chi connectivity index (χ1v) is 9.43. The zero-order valence-corrected chi connectivity index (χ0v) is 16.5. The van der Waals surface area contributed by atoms with Crippen LogP contribution in [0.4, 0.5) is 0 Å². The smallest absolute Gasteiger partial charge is 0.458 e. The van der Waals surface area contributed by atoms with E-state index in [0.717, 1.165) is 18.3 Å². The van der Waals surface area contributed by atoms with Crippen molar-refractivity contribution in [1.29, 1.82) is 0 Å². The molecule has 7 nitrogen and oxygen atoms in total. The SMILES string of the molecule is CC1(C)OB(c2cnc(O[C@H]3CCCN(C(=O)CCl)C3)nc2)OC1(C)C. The minimum absolute atomic E-state index is 0.00793. The number of alkyl halides is 1. The van der Waals surface area contributed by atoms with E-state index in [2.05, 4.69) is 9.97 Å². The number of hydrogen-bond acceptors (Lipinski definition) is 6. The molecule has 3 heterocycles. The van der Waals surface area contributed by atoms with Crippen molar-refractivity contribution < 1.29 is 18.8 Å². The first-order valence-electron chi connectivity index (χ1n) is 8.90. The summed E-state index contributed by atoms with van der Waals surface area (Å²) >= 11 is 5.63. The summed E-state index contributed by atoms with van der Waals surface area (Å²) in [6, 6.07) is 0.287. The Kier molecular flexibility index (Phi) is 5.46. The third-order valence-corrected chi connectivity index (χ3v) is 5.52. The van der Waals surface area contributed by atoms with Gasteiger partial charge >= 0.3 is 13.1 Å². The number of rotatable bonds is 4. The second-order valence-corrected chi connectivity index (χ2v) is 8.01.